The van der Waals surface area contributed by atoms with Gasteiger partial charge < -0.3 is 10.0 Å². The molecule has 3 aliphatic rings. The van der Waals surface area contributed by atoms with Crippen molar-refractivity contribution in [2.24, 2.45) is 17.3 Å². The van der Waals surface area contributed by atoms with Gasteiger partial charge in [-0.2, -0.15) is 0 Å². The summed E-state index contributed by atoms with van der Waals surface area (Å²) < 4.78 is 3.67. The van der Waals surface area contributed by atoms with Gasteiger partial charge in [-0.25, -0.2) is 4.79 Å². The van der Waals surface area contributed by atoms with Crippen molar-refractivity contribution in [3.05, 3.63) is 34.7 Å². The van der Waals surface area contributed by atoms with Gasteiger partial charge in [0, 0.05) is 31.0 Å². The molecule has 36 heavy (non-hydrogen) atoms. The fraction of sp³-hybridized carbons (Fsp3) is 0.733. The number of carbonyl (C=O) groups is 1. The van der Waals surface area contributed by atoms with Crippen LogP contribution in [0.25, 0.3) is 11.0 Å². The zero-order valence-corrected chi connectivity index (χ0v) is 22.4. The van der Waals surface area contributed by atoms with E-state index in [9.17, 15) is 14.7 Å². The summed E-state index contributed by atoms with van der Waals surface area (Å²) in [6.07, 6.45) is 12.9. The number of imidazole rings is 1. The first-order valence-electron chi connectivity index (χ1n) is 14.6. The third kappa shape index (κ3) is 4.55. The molecule has 1 aliphatic heterocycles. The number of likely N-dealkylation sites (tertiary alicyclic amines) is 1. The zero-order valence-electron chi connectivity index (χ0n) is 22.4. The summed E-state index contributed by atoms with van der Waals surface area (Å²) in [7, 11) is 0. The molecular weight excluding hydrogens is 450 g/mol. The number of aliphatic hydroxyl groups is 1. The lowest BCUT2D eigenvalue weighted by Crippen LogP contribution is -2.62. The Morgan fingerprint density at radius 2 is 1.69 bits per heavy atom. The van der Waals surface area contributed by atoms with E-state index in [1.165, 1.54) is 32.1 Å². The molecule has 2 heterocycles. The maximum atomic E-state index is 13.6. The van der Waals surface area contributed by atoms with Crippen LogP contribution in [0.3, 0.4) is 0 Å². The first-order chi connectivity index (χ1) is 17.4. The van der Waals surface area contributed by atoms with Crippen LogP contribution in [0, 0.1) is 17.3 Å². The lowest BCUT2D eigenvalue weighted by Gasteiger charge is -2.52. The molecule has 2 atom stereocenters. The molecule has 2 saturated carbocycles. The van der Waals surface area contributed by atoms with Crippen LogP contribution >= 0.6 is 0 Å². The molecule has 1 spiro atoms. The van der Waals surface area contributed by atoms with Gasteiger partial charge in [0.1, 0.15) is 0 Å². The quantitative estimate of drug-likeness (QED) is 0.564. The van der Waals surface area contributed by atoms with E-state index >= 15 is 0 Å². The zero-order chi connectivity index (χ0) is 25.3. The fourth-order valence-corrected chi connectivity index (χ4v) is 7.75. The number of hydrogen-bond acceptors (Lipinski definition) is 3. The van der Waals surface area contributed by atoms with Crippen LogP contribution in [-0.4, -0.2) is 43.7 Å². The normalized spacial score (nSPS) is 25.6. The standard InChI is InChI=1S/C30H45N3O3/c1-3-18-32-25-13-7-8-14-26(25)33(28(32)35)22-30(36)17-19-31(21-29(30)15-9-10-16-29)27(34)23(2)20-24-11-5-4-6-12-24/h7-8,13-14,23-24,36H,3-6,9-12,15-22H2,1-2H3/t23-,30?/m1/s1. The third-order valence-electron chi connectivity index (χ3n) is 9.77. The molecule has 0 bridgehead atoms. The number of benzene rings is 1. The molecule has 1 aromatic heterocycles. The molecule has 1 N–H and O–H groups in total. The Labute approximate surface area is 215 Å². The van der Waals surface area contributed by atoms with E-state index < -0.39 is 5.60 Å². The highest BCUT2D eigenvalue weighted by atomic mass is 16.3. The summed E-state index contributed by atoms with van der Waals surface area (Å²) in [4.78, 5) is 29.1. The summed E-state index contributed by atoms with van der Waals surface area (Å²) in [5.74, 6) is 1.00. The Bertz CT molecular complexity index is 1120. The molecule has 3 fully saturated rings. The molecule has 1 amide bonds. The van der Waals surface area contributed by atoms with Crippen molar-refractivity contribution in [2.75, 3.05) is 13.1 Å². The second-order valence-corrected chi connectivity index (χ2v) is 12.2. The van der Waals surface area contributed by atoms with Crippen LogP contribution in [0.5, 0.6) is 0 Å². The summed E-state index contributed by atoms with van der Waals surface area (Å²) in [6, 6.07) is 7.95. The van der Waals surface area contributed by atoms with Gasteiger partial charge in [0.25, 0.3) is 0 Å². The van der Waals surface area contributed by atoms with Crippen molar-refractivity contribution in [1.29, 1.82) is 0 Å². The Hall–Kier alpha value is -2.08. The Kier molecular flexibility index (Phi) is 7.35. The number of para-hydroxylation sites is 2. The molecule has 1 saturated heterocycles. The van der Waals surface area contributed by atoms with E-state index in [0.29, 0.717) is 38.5 Å². The number of rotatable bonds is 7. The molecular formula is C30H45N3O3. The average Bonchev–Trinajstić information content (AvgIpc) is 3.46. The minimum absolute atomic E-state index is 0.0285. The number of nitrogens with zero attached hydrogens (tertiary/aromatic N) is 3. The minimum atomic E-state index is -0.988. The van der Waals surface area contributed by atoms with E-state index in [1.807, 2.05) is 33.4 Å². The molecule has 6 heteroatoms. The molecule has 0 radical (unpaired) electrons. The highest BCUT2D eigenvalue weighted by Gasteiger charge is 2.56. The summed E-state index contributed by atoms with van der Waals surface area (Å²) in [5, 5.41) is 12.3. The first-order valence-corrected chi connectivity index (χ1v) is 14.6. The number of aromatic nitrogens is 2. The van der Waals surface area contributed by atoms with Crippen LogP contribution in [-0.2, 0) is 17.9 Å². The van der Waals surface area contributed by atoms with Crippen LogP contribution < -0.4 is 5.69 Å². The summed E-state index contributed by atoms with van der Waals surface area (Å²) in [5.41, 5.74) is 0.491. The SMILES string of the molecule is CCCn1c(=O)n(CC2(O)CCN(C(=O)[C@H](C)CC3CCCCC3)CC23CCCC3)c2ccccc21. The average molecular weight is 496 g/mol. The van der Waals surface area contributed by atoms with Crippen LogP contribution in [0.2, 0.25) is 0 Å². The van der Waals surface area contributed by atoms with E-state index in [4.69, 9.17) is 0 Å². The van der Waals surface area contributed by atoms with Crippen LogP contribution in [0.4, 0.5) is 0 Å². The lowest BCUT2D eigenvalue weighted by molar-refractivity contribution is -0.163. The number of aryl methyl sites for hydroxylation is 1. The number of piperidine rings is 1. The predicted molar refractivity (Wildman–Crippen MR) is 144 cm³/mol. The highest BCUT2D eigenvalue weighted by molar-refractivity contribution is 5.79. The molecule has 2 aliphatic carbocycles. The van der Waals surface area contributed by atoms with E-state index in [-0.39, 0.29) is 22.9 Å². The maximum Gasteiger partial charge on any atom is 0.329 e. The van der Waals surface area contributed by atoms with Gasteiger partial charge in [-0.15, -0.1) is 0 Å². The smallest absolute Gasteiger partial charge is 0.329 e. The lowest BCUT2D eigenvalue weighted by atomic mass is 9.65. The van der Waals surface area contributed by atoms with E-state index in [2.05, 4.69) is 18.7 Å². The van der Waals surface area contributed by atoms with Crippen molar-refractivity contribution < 1.29 is 9.90 Å². The largest absolute Gasteiger partial charge is 0.387 e. The first kappa shape index (κ1) is 25.6. The minimum Gasteiger partial charge on any atom is -0.387 e. The monoisotopic (exact) mass is 495 g/mol. The van der Waals surface area contributed by atoms with Gasteiger partial charge >= 0.3 is 5.69 Å². The Morgan fingerprint density at radius 1 is 1.03 bits per heavy atom. The Balaban J connectivity index is 1.38. The van der Waals surface area contributed by atoms with Gasteiger partial charge in [0.15, 0.2) is 0 Å². The molecule has 2 aromatic rings. The summed E-state index contributed by atoms with van der Waals surface area (Å²) >= 11 is 0. The highest BCUT2D eigenvalue weighted by Crippen LogP contribution is 2.52. The molecule has 5 rings (SSSR count). The second kappa shape index (κ2) is 10.4. The third-order valence-corrected chi connectivity index (χ3v) is 9.77. The van der Waals surface area contributed by atoms with Crippen molar-refractivity contribution in [1.82, 2.24) is 14.0 Å². The molecule has 6 nitrogen and oxygen atoms in total. The number of carbonyl (C=O) groups excluding carboxylic acids is 1. The Morgan fingerprint density at radius 3 is 2.36 bits per heavy atom. The summed E-state index contributed by atoms with van der Waals surface area (Å²) in [6.45, 7) is 6.39. The molecule has 1 aromatic carbocycles. The van der Waals surface area contributed by atoms with Crippen molar-refractivity contribution >= 4 is 16.9 Å². The molecule has 198 valence electrons. The number of fused-ring (bicyclic) bond motifs is 1. The number of hydrogen-bond donors (Lipinski definition) is 1. The second-order valence-electron chi connectivity index (χ2n) is 12.2. The van der Waals surface area contributed by atoms with Crippen LogP contribution in [0.15, 0.2) is 29.1 Å². The van der Waals surface area contributed by atoms with Gasteiger partial charge in [-0.3, -0.25) is 13.9 Å². The van der Waals surface area contributed by atoms with Crippen molar-refractivity contribution in [3.63, 3.8) is 0 Å². The predicted octanol–water partition coefficient (Wildman–Crippen LogP) is 5.34. The van der Waals surface area contributed by atoms with Crippen molar-refractivity contribution in [3.8, 4) is 0 Å². The van der Waals surface area contributed by atoms with Crippen molar-refractivity contribution in [2.45, 2.75) is 110 Å². The van der Waals surface area contributed by atoms with E-state index in [0.717, 1.165) is 49.6 Å². The maximum absolute atomic E-state index is 13.6. The van der Waals surface area contributed by atoms with Gasteiger partial charge in [-0.1, -0.05) is 70.9 Å². The van der Waals surface area contributed by atoms with Gasteiger partial charge in [0.2, 0.25) is 5.91 Å². The van der Waals surface area contributed by atoms with E-state index in [1.54, 1.807) is 0 Å². The van der Waals surface area contributed by atoms with Gasteiger partial charge in [-0.05, 0) is 50.2 Å². The molecule has 1 unspecified atom stereocenters. The fourth-order valence-electron chi connectivity index (χ4n) is 7.75. The van der Waals surface area contributed by atoms with Gasteiger partial charge in [0.05, 0.1) is 23.2 Å². The number of amides is 1. The topological polar surface area (TPSA) is 67.5 Å². The van der Waals surface area contributed by atoms with Crippen LogP contribution in [0.1, 0.15) is 90.9 Å².